The van der Waals surface area contributed by atoms with Crippen LogP contribution < -0.4 is 0 Å². The Kier molecular flexibility index (Phi) is 4.34. The van der Waals surface area contributed by atoms with Crippen LogP contribution in [0.15, 0.2) is 28.7 Å². The van der Waals surface area contributed by atoms with E-state index in [0.29, 0.717) is 11.9 Å². The molecular formula is C17H23N3O. The van der Waals surface area contributed by atoms with Crippen LogP contribution in [-0.2, 0) is 6.54 Å². The van der Waals surface area contributed by atoms with Crippen molar-refractivity contribution in [1.82, 2.24) is 15.1 Å². The minimum absolute atomic E-state index is 0.620. The van der Waals surface area contributed by atoms with Crippen LogP contribution in [0, 0.1) is 6.92 Å². The normalized spacial score (nSPS) is 19.8. The number of aryl methyl sites for hydroxylation is 1. The Balaban J connectivity index is 1.71. The first-order chi connectivity index (χ1) is 10.3. The molecule has 112 valence electrons. The van der Waals surface area contributed by atoms with Gasteiger partial charge in [0.2, 0.25) is 11.8 Å². The zero-order valence-corrected chi connectivity index (χ0v) is 12.9. The van der Waals surface area contributed by atoms with Crippen LogP contribution in [-0.4, -0.2) is 27.7 Å². The lowest BCUT2D eigenvalue weighted by Crippen LogP contribution is -2.38. The van der Waals surface area contributed by atoms with E-state index in [1.54, 1.807) is 0 Å². The minimum Gasteiger partial charge on any atom is -0.419 e. The van der Waals surface area contributed by atoms with Gasteiger partial charge in [-0.3, -0.25) is 4.90 Å². The van der Waals surface area contributed by atoms with Gasteiger partial charge in [0.1, 0.15) is 0 Å². The van der Waals surface area contributed by atoms with E-state index >= 15 is 0 Å². The van der Waals surface area contributed by atoms with Gasteiger partial charge in [-0.25, -0.2) is 0 Å². The smallest absolute Gasteiger partial charge is 0.247 e. The molecular weight excluding hydrogens is 262 g/mol. The molecule has 0 saturated carbocycles. The predicted molar refractivity (Wildman–Crippen MR) is 82.8 cm³/mol. The maximum atomic E-state index is 5.84. The van der Waals surface area contributed by atoms with Crippen molar-refractivity contribution in [1.29, 1.82) is 0 Å². The van der Waals surface area contributed by atoms with Crippen LogP contribution in [0.4, 0.5) is 0 Å². The number of aromatic nitrogens is 2. The monoisotopic (exact) mass is 285 g/mol. The second kappa shape index (κ2) is 6.39. The molecule has 1 unspecified atom stereocenters. The van der Waals surface area contributed by atoms with E-state index in [2.05, 4.69) is 41.1 Å². The van der Waals surface area contributed by atoms with Crippen LogP contribution in [0.25, 0.3) is 11.5 Å². The van der Waals surface area contributed by atoms with Crippen LogP contribution in [0.5, 0.6) is 0 Å². The fraction of sp³-hybridized carbons (Fsp3) is 0.529. The molecule has 21 heavy (non-hydrogen) atoms. The zero-order chi connectivity index (χ0) is 14.7. The molecule has 1 saturated heterocycles. The Morgan fingerprint density at radius 1 is 1.19 bits per heavy atom. The van der Waals surface area contributed by atoms with E-state index in [1.165, 1.54) is 31.2 Å². The van der Waals surface area contributed by atoms with Crippen molar-refractivity contribution in [3.63, 3.8) is 0 Å². The summed E-state index contributed by atoms with van der Waals surface area (Å²) in [5.41, 5.74) is 2.22. The lowest BCUT2D eigenvalue weighted by atomic mass is 10.0. The zero-order valence-electron chi connectivity index (χ0n) is 12.9. The van der Waals surface area contributed by atoms with E-state index in [9.17, 15) is 0 Å². The van der Waals surface area contributed by atoms with Gasteiger partial charge in [-0.15, -0.1) is 10.2 Å². The van der Waals surface area contributed by atoms with Crippen molar-refractivity contribution < 1.29 is 4.42 Å². The Morgan fingerprint density at radius 3 is 2.76 bits per heavy atom. The molecule has 1 aromatic heterocycles. The van der Waals surface area contributed by atoms with Crippen LogP contribution in [0.3, 0.4) is 0 Å². The molecule has 0 spiro atoms. The molecule has 0 radical (unpaired) electrons. The van der Waals surface area contributed by atoms with Crippen molar-refractivity contribution >= 4 is 0 Å². The second-order valence-electron chi connectivity index (χ2n) is 5.90. The number of hydrogen-bond donors (Lipinski definition) is 0. The fourth-order valence-corrected chi connectivity index (χ4v) is 3.03. The highest BCUT2D eigenvalue weighted by atomic mass is 16.4. The van der Waals surface area contributed by atoms with Gasteiger partial charge in [-0.05, 0) is 44.9 Å². The van der Waals surface area contributed by atoms with Gasteiger partial charge in [-0.2, -0.15) is 0 Å². The highest BCUT2D eigenvalue weighted by molar-refractivity contribution is 5.52. The number of nitrogens with zero attached hydrogens (tertiary/aromatic N) is 3. The molecule has 1 fully saturated rings. The minimum atomic E-state index is 0.620. The van der Waals surface area contributed by atoms with Crippen molar-refractivity contribution in [2.45, 2.75) is 52.1 Å². The molecule has 2 heterocycles. The van der Waals surface area contributed by atoms with Crippen molar-refractivity contribution in [2.24, 2.45) is 0 Å². The summed E-state index contributed by atoms with van der Waals surface area (Å²) < 4.78 is 5.84. The van der Waals surface area contributed by atoms with E-state index < -0.39 is 0 Å². The van der Waals surface area contributed by atoms with Gasteiger partial charge in [-0.1, -0.05) is 31.0 Å². The Bertz CT molecular complexity index is 576. The maximum Gasteiger partial charge on any atom is 0.247 e. The van der Waals surface area contributed by atoms with E-state index in [0.717, 1.165) is 24.5 Å². The largest absolute Gasteiger partial charge is 0.419 e. The standard InChI is InChI=1S/C17H23N3O/c1-3-15-6-4-5-11-20(15)12-16-18-19-17(21-16)14-9-7-13(2)8-10-14/h7-10,15H,3-6,11-12H2,1-2H3. The molecule has 1 atom stereocenters. The van der Waals surface area contributed by atoms with E-state index in [-0.39, 0.29) is 0 Å². The SMILES string of the molecule is CCC1CCCCN1Cc1nnc(-c2ccc(C)cc2)o1. The quantitative estimate of drug-likeness (QED) is 0.856. The molecule has 4 nitrogen and oxygen atoms in total. The van der Waals surface area contributed by atoms with Gasteiger partial charge in [0.25, 0.3) is 0 Å². The van der Waals surface area contributed by atoms with Crippen LogP contribution >= 0.6 is 0 Å². The number of likely N-dealkylation sites (tertiary alicyclic amines) is 1. The lowest BCUT2D eigenvalue weighted by molar-refractivity contribution is 0.124. The molecule has 0 aliphatic carbocycles. The predicted octanol–water partition coefficient (Wildman–Crippen LogP) is 3.81. The Labute approximate surface area is 126 Å². The summed E-state index contributed by atoms with van der Waals surface area (Å²) in [6, 6.07) is 8.85. The Morgan fingerprint density at radius 2 is 2.00 bits per heavy atom. The van der Waals surface area contributed by atoms with E-state index in [1.807, 2.05) is 12.1 Å². The second-order valence-corrected chi connectivity index (χ2v) is 5.90. The summed E-state index contributed by atoms with van der Waals surface area (Å²) in [4.78, 5) is 2.48. The van der Waals surface area contributed by atoms with Crippen molar-refractivity contribution in [3.05, 3.63) is 35.7 Å². The lowest BCUT2D eigenvalue weighted by Gasteiger charge is -2.33. The highest BCUT2D eigenvalue weighted by Crippen LogP contribution is 2.23. The molecule has 1 aromatic carbocycles. The van der Waals surface area contributed by atoms with Gasteiger partial charge >= 0.3 is 0 Å². The van der Waals surface area contributed by atoms with Crippen LogP contribution in [0.1, 0.15) is 44.1 Å². The average molecular weight is 285 g/mol. The summed E-state index contributed by atoms with van der Waals surface area (Å²) in [6.07, 6.45) is 5.09. The molecule has 1 aliphatic rings. The summed E-state index contributed by atoms with van der Waals surface area (Å²) in [5.74, 6) is 1.35. The molecule has 0 bridgehead atoms. The summed E-state index contributed by atoms with van der Waals surface area (Å²) >= 11 is 0. The van der Waals surface area contributed by atoms with Crippen LogP contribution in [0.2, 0.25) is 0 Å². The van der Waals surface area contributed by atoms with Gasteiger partial charge in [0.05, 0.1) is 6.54 Å². The third-order valence-corrected chi connectivity index (χ3v) is 4.32. The molecule has 1 aliphatic heterocycles. The molecule has 0 amide bonds. The average Bonchev–Trinajstić information content (AvgIpc) is 2.97. The summed E-state index contributed by atoms with van der Waals surface area (Å²) in [7, 11) is 0. The van der Waals surface area contributed by atoms with Gasteiger partial charge in [0.15, 0.2) is 0 Å². The Hall–Kier alpha value is -1.68. The first-order valence-electron chi connectivity index (χ1n) is 7.89. The molecule has 3 rings (SSSR count). The third kappa shape index (κ3) is 3.32. The molecule has 4 heteroatoms. The molecule has 0 N–H and O–H groups in total. The maximum absolute atomic E-state index is 5.84. The summed E-state index contributed by atoms with van der Waals surface area (Å²) in [6.45, 7) is 6.25. The van der Waals surface area contributed by atoms with Gasteiger partial charge < -0.3 is 4.42 Å². The third-order valence-electron chi connectivity index (χ3n) is 4.32. The van der Waals surface area contributed by atoms with Crippen molar-refractivity contribution in [3.8, 4) is 11.5 Å². The number of benzene rings is 1. The number of hydrogen-bond acceptors (Lipinski definition) is 4. The number of rotatable bonds is 4. The first-order valence-corrected chi connectivity index (χ1v) is 7.89. The topological polar surface area (TPSA) is 42.2 Å². The van der Waals surface area contributed by atoms with Crippen molar-refractivity contribution in [2.75, 3.05) is 6.54 Å². The first kappa shape index (κ1) is 14.3. The van der Waals surface area contributed by atoms with E-state index in [4.69, 9.17) is 4.42 Å². The number of piperidine rings is 1. The highest BCUT2D eigenvalue weighted by Gasteiger charge is 2.22. The van der Waals surface area contributed by atoms with Gasteiger partial charge in [0, 0.05) is 11.6 Å². The summed E-state index contributed by atoms with van der Waals surface area (Å²) in [5, 5.41) is 8.41. The fourth-order valence-electron chi connectivity index (χ4n) is 3.03. The molecule has 2 aromatic rings.